The zero-order valence-corrected chi connectivity index (χ0v) is 15.2. The number of nitrogens with zero attached hydrogens (tertiary/aromatic N) is 2. The zero-order valence-electron chi connectivity index (χ0n) is 15.2. The number of ether oxygens (including phenoxy) is 1. The van der Waals surface area contributed by atoms with Crippen LogP contribution in [0.5, 0.6) is 0 Å². The van der Waals surface area contributed by atoms with E-state index >= 15 is 0 Å². The molecule has 1 spiro atoms. The molecule has 3 rings (SSSR count). The number of amides is 1. The maximum atomic E-state index is 12.8. The Balaban J connectivity index is 1.75. The highest BCUT2D eigenvalue weighted by Gasteiger charge is 2.44. The van der Waals surface area contributed by atoms with Gasteiger partial charge >= 0.3 is 5.69 Å². The van der Waals surface area contributed by atoms with Crippen LogP contribution in [0.2, 0.25) is 0 Å². The Hall–Kier alpha value is -1.73. The molecule has 7 nitrogen and oxygen atoms in total. The molecule has 25 heavy (non-hydrogen) atoms. The van der Waals surface area contributed by atoms with Crippen LogP contribution in [0.15, 0.2) is 10.9 Å². The second kappa shape index (κ2) is 6.53. The molecule has 1 unspecified atom stereocenters. The highest BCUT2D eigenvalue weighted by molar-refractivity contribution is 5.92. The molecule has 2 N–H and O–H groups in total. The number of carbonyl (C=O) groups excluding carboxylic acids is 1. The van der Waals surface area contributed by atoms with Gasteiger partial charge in [0.25, 0.3) is 5.91 Å². The Labute approximate surface area is 147 Å². The number of nitrogens with one attached hydrogen (secondary N) is 1. The van der Waals surface area contributed by atoms with Crippen LogP contribution in [0.4, 0.5) is 0 Å². The number of likely N-dealkylation sites (tertiary alicyclic amines) is 1. The maximum Gasteiger partial charge on any atom is 0.345 e. The average Bonchev–Trinajstić information content (AvgIpc) is 2.56. The third-order valence-corrected chi connectivity index (χ3v) is 5.29. The minimum Gasteiger partial charge on any atom is -0.390 e. The van der Waals surface area contributed by atoms with Gasteiger partial charge in [0, 0.05) is 30.8 Å². The highest BCUT2D eigenvalue weighted by Crippen LogP contribution is 2.35. The lowest BCUT2D eigenvalue weighted by Crippen LogP contribution is -2.56. The molecule has 2 aliphatic rings. The van der Waals surface area contributed by atoms with Crippen molar-refractivity contribution >= 4 is 5.91 Å². The van der Waals surface area contributed by atoms with Gasteiger partial charge in [-0.25, -0.2) is 4.79 Å². The standard InChI is InChI=1S/C18H27N3O4/c1-17(2,3)13-11-12(19-16(24)20-13)15(23)21-8-6-18(7-9-21)14(22)5-4-10-25-18/h11,14,22H,4-10H2,1-3H3,(H,19,20,24). The van der Waals surface area contributed by atoms with E-state index in [1.165, 1.54) is 0 Å². The Morgan fingerprint density at radius 2 is 2.08 bits per heavy atom. The van der Waals surface area contributed by atoms with E-state index in [1.54, 1.807) is 11.0 Å². The Morgan fingerprint density at radius 1 is 1.40 bits per heavy atom. The molecule has 7 heteroatoms. The van der Waals surface area contributed by atoms with Crippen LogP contribution in [-0.4, -0.2) is 57.3 Å². The van der Waals surface area contributed by atoms with Crippen LogP contribution in [0.3, 0.4) is 0 Å². The molecular formula is C18H27N3O4. The maximum absolute atomic E-state index is 12.8. The predicted molar refractivity (Wildman–Crippen MR) is 92.6 cm³/mol. The molecule has 2 saturated heterocycles. The molecule has 0 radical (unpaired) electrons. The SMILES string of the molecule is CC(C)(C)c1cc(C(=O)N2CCC3(CC2)OCCCC3O)nc(=O)[nH]1. The lowest BCUT2D eigenvalue weighted by atomic mass is 9.82. The number of hydrogen-bond acceptors (Lipinski definition) is 5. The van der Waals surface area contributed by atoms with Crippen LogP contribution in [-0.2, 0) is 10.2 Å². The molecule has 0 aromatic carbocycles. The van der Waals surface area contributed by atoms with E-state index < -0.39 is 17.4 Å². The van der Waals surface area contributed by atoms with Crippen LogP contribution in [0.1, 0.15) is 62.6 Å². The van der Waals surface area contributed by atoms with E-state index in [9.17, 15) is 14.7 Å². The van der Waals surface area contributed by atoms with Crippen LogP contribution < -0.4 is 5.69 Å². The fraction of sp³-hybridized carbons (Fsp3) is 0.722. The first kappa shape index (κ1) is 18.1. The minimum absolute atomic E-state index is 0.176. The van der Waals surface area contributed by atoms with Crippen molar-refractivity contribution in [2.45, 2.75) is 63.6 Å². The van der Waals surface area contributed by atoms with Crippen molar-refractivity contribution in [2.75, 3.05) is 19.7 Å². The first-order chi connectivity index (χ1) is 11.7. The van der Waals surface area contributed by atoms with E-state index in [-0.39, 0.29) is 17.0 Å². The molecule has 1 aromatic rings. The Morgan fingerprint density at radius 3 is 2.68 bits per heavy atom. The van der Waals surface area contributed by atoms with E-state index in [4.69, 9.17) is 4.74 Å². The quantitative estimate of drug-likeness (QED) is 0.795. The monoisotopic (exact) mass is 349 g/mol. The number of aromatic amines is 1. The van der Waals surface area contributed by atoms with Gasteiger partial charge < -0.3 is 19.7 Å². The number of rotatable bonds is 1. The van der Waals surface area contributed by atoms with Crippen molar-refractivity contribution in [1.82, 2.24) is 14.9 Å². The molecule has 1 aromatic heterocycles. The second-order valence-corrected chi connectivity index (χ2v) is 8.10. The van der Waals surface area contributed by atoms with Crippen molar-refractivity contribution in [1.29, 1.82) is 0 Å². The summed E-state index contributed by atoms with van der Waals surface area (Å²) in [7, 11) is 0. The summed E-state index contributed by atoms with van der Waals surface area (Å²) in [5, 5.41) is 10.3. The topological polar surface area (TPSA) is 95.5 Å². The normalized spacial score (nSPS) is 23.7. The summed E-state index contributed by atoms with van der Waals surface area (Å²) < 4.78 is 5.88. The van der Waals surface area contributed by atoms with Crippen LogP contribution >= 0.6 is 0 Å². The van der Waals surface area contributed by atoms with E-state index in [1.807, 2.05) is 20.8 Å². The fourth-order valence-electron chi connectivity index (χ4n) is 3.61. The van der Waals surface area contributed by atoms with Crippen molar-refractivity contribution in [3.05, 3.63) is 27.9 Å². The van der Waals surface area contributed by atoms with E-state index in [0.717, 1.165) is 12.8 Å². The van der Waals surface area contributed by atoms with Crippen molar-refractivity contribution in [3.8, 4) is 0 Å². The highest BCUT2D eigenvalue weighted by atomic mass is 16.5. The van der Waals surface area contributed by atoms with Crippen LogP contribution in [0, 0.1) is 0 Å². The number of H-pyrrole nitrogens is 1. The molecule has 0 bridgehead atoms. The predicted octanol–water partition coefficient (Wildman–Crippen LogP) is 1.21. The molecule has 2 aliphatic heterocycles. The first-order valence-corrected chi connectivity index (χ1v) is 8.94. The summed E-state index contributed by atoms with van der Waals surface area (Å²) in [6.07, 6.45) is 2.37. The van der Waals surface area contributed by atoms with Gasteiger partial charge in [0.2, 0.25) is 0 Å². The summed E-state index contributed by atoms with van der Waals surface area (Å²) in [5.74, 6) is -0.239. The number of hydrogen-bond donors (Lipinski definition) is 2. The number of piperidine rings is 1. The van der Waals surface area contributed by atoms with Crippen molar-refractivity contribution in [2.24, 2.45) is 0 Å². The van der Waals surface area contributed by atoms with Gasteiger partial charge in [-0.2, -0.15) is 4.98 Å². The molecule has 138 valence electrons. The lowest BCUT2D eigenvalue weighted by molar-refractivity contribution is -0.174. The smallest absolute Gasteiger partial charge is 0.345 e. The van der Waals surface area contributed by atoms with Crippen molar-refractivity contribution in [3.63, 3.8) is 0 Å². The summed E-state index contributed by atoms with van der Waals surface area (Å²) in [6.45, 7) is 7.57. The second-order valence-electron chi connectivity index (χ2n) is 8.10. The van der Waals surface area contributed by atoms with Gasteiger partial charge in [-0.15, -0.1) is 0 Å². The molecule has 0 saturated carbocycles. The third kappa shape index (κ3) is 3.62. The molecule has 1 atom stereocenters. The summed E-state index contributed by atoms with van der Waals surface area (Å²) >= 11 is 0. The number of aliphatic hydroxyl groups excluding tert-OH is 1. The third-order valence-electron chi connectivity index (χ3n) is 5.29. The Kier molecular flexibility index (Phi) is 4.72. The van der Waals surface area contributed by atoms with Gasteiger partial charge in [0.05, 0.1) is 11.7 Å². The van der Waals surface area contributed by atoms with Gasteiger partial charge in [-0.05, 0) is 31.7 Å². The molecule has 1 amide bonds. The molecular weight excluding hydrogens is 322 g/mol. The first-order valence-electron chi connectivity index (χ1n) is 8.94. The largest absolute Gasteiger partial charge is 0.390 e. The van der Waals surface area contributed by atoms with E-state index in [2.05, 4.69) is 9.97 Å². The fourth-order valence-corrected chi connectivity index (χ4v) is 3.61. The summed E-state index contributed by atoms with van der Waals surface area (Å²) in [5.41, 5.74) is -0.434. The number of aliphatic hydroxyl groups is 1. The number of carbonyl (C=O) groups is 1. The van der Waals surface area contributed by atoms with Crippen LogP contribution in [0.25, 0.3) is 0 Å². The van der Waals surface area contributed by atoms with Crippen molar-refractivity contribution < 1.29 is 14.6 Å². The lowest BCUT2D eigenvalue weighted by Gasteiger charge is -2.46. The summed E-state index contributed by atoms with van der Waals surface area (Å²) in [4.78, 5) is 32.9. The Bertz CT molecular complexity index is 699. The summed E-state index contributed by atoms with van der Waals surface area (Å²) in [6, 6.07) is 1.67. The number of aromatic nitrogens is 2. The molecule has 3 heterocycles. The van der Waals surface area contributed by atoms with Gasteiger partial charge in [-0.1, -0.05) is 20.8 Å². The molecule has 0 aliphatic carbocycles. The molecule has 2 fully saturated rings. The van der Waals surface area contributed by atoms with Gasteiger partial charge in [-0.3, -0.25) is 4.79 Å². The van der Waals surface area contributed by atoms with E-state index in [0.29, 0.717) is 38.2 Å². The zero-order chi connectivity index (χ0) is 18.2. The minimum atomic E-state index is -0.521. The van der Waals surface area contributed by atoms with Gasteiger partial charge in [0.1, 0.15) is 5.69 Å². The average molecular weight is 349 g/mol. The van der Waals surface area contributed by atoms with Gasteiger partial charge in [0.15, 0.2) is 0 Å².